The molecule has 24 heavy (non-hydrogen) atoms. The number of hydrogen-bond donors (Lipinski definition) is 2. The van der Waals surface area contributed by atoms with E-state index in [9.17, 15) is 0 Å². The van der Waals surface area contributed by atoms with Gasteiger partial charge in [0.05, 0.1) is 18.8 Å². The SMILES string of the molecule is Cc1nn(CCO)c(C)c1CNCC(C)N1CCc2ccccc21. The zero-order valence-electron chi connectivity index (χ0n) is 14.9. The van der Waals surface area contributed by atoms with Gasteiger partial charge >= 0.3 is 0 Å². The molecule has 2 aromatic rings. The number of nitrogens with zero attached hydrogens (tertiary/aromatic N) is 3. The van der Waals surface area contributed by atoms with Crippen LogP contribution in [-0.4, -0.2) is 40.6 Å². The number of hydrogen-bond acceptors (Lipinski definition) is 4. The first-order valence-electron chi connectivity index (χ1n) is 8.80. The van der Waals surface area contributed by atoms with Gasteiger partial charge in [-0.05, 0) is 38.8 Å². The highest BCUT2D eigenvalue weighted by Gasteiger charge is 2.22. The Kier molecular flexibility index (Phi) is 5.21. The largest absolute Gasteiger partial charge is 0.394 e. The summed E-state index contributed by atoms with van der Waals surface area (Å²) in [7, 11) is 0. The van der Waals surface area contributed by atoms with Crippen LogP contribution in [0.1, 0.15) is 29.4 Å². The molecule has 5 nitrogen and oxygen atoms in total. The standard InChI is InChI=1S/C19H28N4O/c1-14(22-9-8-17-6-4-5-7-19(17)22)12-20-13-18-15(2)21-23(10-11-24)16(18)3/h4-7,14,20,24H,8-13H2,1-3H3. The normalized spacial score (nSPS) is 14.9. The van der Waals surface area contributed by atoms with Crippen molar-refractivity contribution in [2.75, 3.05) is 24.6 Å². The monoisotopic (exact) mass is 328 g/mol. The lowest BCUT2D eigenvalue weighted by Crippen LogP contribution is -2.39. The summed E-state index contributed by atoms with van der Waals surface area (Å²) in [5, 5.41) is 17.2. The maximum Gasteiger partial charge on any atom is 0.0644 e. The average molecular weight is 328 g/mol. The van der Waals surface area contributed by atoms with Crippen LogP contribution in [0.4, 0.5) is 5.69 Å². The van der Waals surface area contributed by atoms with Crippen LogP contribution in [0.5, 0.6) is 0 Å². The van der Waals surface area contributed by atoms with E-state index in [-0.39, 0.29) is 6.61 Å². The summed E-state index contributed by atoms with van der Waals surface area (Å²) < 4.78 is 1.90. The molecule has 2 N–H and O–H groups in total. The molecule has 0 spiro atoms. The Hall–Kier alpha value is -1.85. The van der Waals surface area contributed by atoms with E-state index in [1.54, 1.807) is 0 Å². The second kappa shape index (κ2) is 7.36. The van der Waals surface area contributed by atoms with Crippen LogP contribution in [0.25, 0.3) is 0 Å². The summed E-state index contributed by atoms with van der Waals surface area (Å²) in [5.41, 5.74) is 6.29. The molecule has 0 bridgehead atoms. The highest BCUT2D eigenvalue weighted by Crippen LogP contribution is 2.28. The van der Waals surface area contributed by atoms with Gasteiger partial charge in [0.25, 0.3) is 0 Å². The smallest absolute Gasteiger partial charge is 0.0644 e. The number of rotatable bonds is 7. The molecular formula is C19H28N4O. The van der Waals surface area contributed by atoms with Crippen molar-refractivity contribution in [1.29, 1.82) is 0 Å². The predicted octanol–water partition coefficient (Wildman–Crippen LogP) is 2.03. The Morgan fingerprint density at radius 1 is 1.29 bits per heavy atom. The number of benzene rings is 1. The lowest BCUT2D eigenvalue weighted by atomic mass is 10.1. The molecule has 1 aliphatic rings. The molecule has 0 saturated heterocycles. The fourth-order valence-corrected chi connectivity index (χ4v) is 3.64. The third-order valence-corrected chi connectivity index (χ3v) is 5.04. The third-order valence-electron chi connectivity index (χ3n) is 5.04. The number of fused-ring (bicyclic) bond motifs is 1. The van der Waals surface area contributed by atoms with Gasteiger partial charge < -0.3 is 15.3 Å². The Morgan fingerprint density at radius 3 is 2.88 bits per heavy atom. The van der Waals surface area contributed by atoms with Crippen molar-refractivity contribution in [3.05, 3.63) is 46.8 Å². The van der Waals surface area contributed by atoms with E-state index in [2.05, 4.69) is 53.4 Å². The van der Waals surface area contributed by atoms with Gasteiger partial charge in [0.2, 0.25) is 0 Å². The number of aryl methyl sites for hydroxylation is 1. The van der Waals surface area contributed by atoms with Crippen LogP contribution >= 0.6 is 0 Å². The number of aliphatic hydroxyl groups excluding tert-OH is 1. The number of aliphatic hydroxyl groups is 1. The molecule has 0 radical (unpaired) electrons. The van der Waals surface area contributed by atoms with Gasteiger partial charge in [-0.15, -0.1) is 0 Å². The summed E-state index contributed by atoms with van der Waals surface area (Å²) >= 11 is 0. The maximum atomic E-state index is 9.11. The molecule has 3 rings (SSSR count). The molecule has 2 heterocycles. The van der Waals surface area contributed by atoms with Gasteiger partial charge in [-0.25, -0.2) is 0 Å². The molecule has 1 aliphatic heterocycles. The number of aromatic nitrogens is 2. The van der Waals surface area contributed by atoms with Crippen LogP contribution in [0, 0.1) is 13.8 Å². The van der Waals surface area contributed by atoms with E-state index in [4.69, 9.17) is 5.11 Å². The molecule has 1 aromatic heterocycles. The molecule has 0 saturated carbocycles. The van der Waals surface area contributed by atoms with Gasteiger partial charge in [0, 0.05) is 42.6 Å². The van der Waals surface area contributed by atoms with Crippen molar-refractivity contribution in [2.24, 2.45) is 0 Å². The van der Waals surface area contributed by atoms with Crippen LogP contribution in [0.15, 0.2) is 24.3 Å². The summed E-state index contributed by atoms with van der Waals surface area (Å²) in [6.45, 7) is 9.96. The molecule has 0 fully saturated rings. The van der Waals surface area contributed by atoms with E-state index in [1.165, 1.54) is 16.8 Å². The van der Waals surface area contributed by atoms with Crippen molar-refractivity contribution in [2.45, 2.75) is 46.3 Å². The van der Waals surface area contributed by atoms with Crippen LogP contribution in [0.3, 0.4) is 0 Å². The van der Waals surface area contributed by atoms with E-state index >= 15 is 0 Å². The van der Waals surface area contributed by atoms with Crippen LogP contribution in [0.2, 0.25) is 0 Å². The molecule has 130 valence electrons. The first-order valence-corrected chi connectivity index (χ1v) is 8.80. The fourth-order valence-electron chi connectivity index (χ4n) is 3.64. The summed E-state index contributed by atoms with van der Waals surface area (Å²) in [6.07, 6.45) is 1.15. The van der Waals surface area contributed by atoms with E-state index in [0.717, 1.165) is 37.4 Å². The molecule has 1 aromatic carbocycles. The lowest BCUT2D eigenvalue weighted by Gasteiger charge is -2.27. The van der Waals surface area contributed by atoms with Gasteiger partial charge in [-0.2, -0.15) is 5.10 Å². The predicted molar refractivity (Wildman–Crippen MR) is 97.4 cm³/mol. The number of para-hydroxylation sites is 1. The van der Waals surface area contributed by atoms with Gasteiger partial charge in [0.1, 0.15) is 0 Å². The average Bonchev–Trinajstić information content (AvgIpc) is 3.11. The Morgan fingerprint density at radius 2 is 2.08 bits per heavy atom. The first kappa shape index (κ1) is 17.0. The first-order chi connectivity index (χ1) is 11.6. The summed E-state index contributed by atoms with van der Waals surface area (Å²) in [6, 6.07) is 9.17. The highest BCUT2D eigenvalue weighted by molar-refractivity contribution is 5.58. The Balaban J connectivity index is 1.57. The topological polar surface area (TPSA) is 53.3 Å². The van der Waals surface area contributed by atoms with Crippen LogP contribution < -0.4 is 10.2 Å². The Labute approximate surface area is 144 Å². The van der Waals surface area contributed by atoms with Crippen LogP contribution in [-0.2, 0) is 19.5 Å². The summed E-state index contributed by atoms with van der Waals surface area (Å²) in [5.74, 6) is 0. The van der Waals surface area contributed by atoms with Crippen molar-refractivity contribution in [1.82, 2.24) is 15.1 Å². The minimum Gasteiger partial charge on any atom is -0.394 e. The quantitative estimate of drug-likeness (QED) is 0.817. The minimum atomic E-state index is 0.125. The Bertz CT molecular complexity index is 695. The second-order valence-electron chi connectivity index (χ2n) is 6.65. The number of anilines is 1. The van der Waals surface area contributed by atoms with E-state index < -0.39 is 0 Å². The zero-order chi connectivity index (χ0) is 17.1. The fraction of sp³-hybridized carbons (Fsp3) is 0.526. The van der Waals surface area contributed by atoms with Crippen molar-refractivity contribution < 1.29 is 5.11 Å². The second-order valence-corrected chi connectivity index (χ2v) is 6.65. The third kappa shape index (κ3) is 3.32. The summed E-state index contributed by atoms with van der Waals surface area (Å²) in [4.78, 5) is 2.50. The van der Waals surface area contributed by atoms with Gasteiger partial charge in [-0.1, -0.05) is 18.2 Å². The molecule has 0 amide bonds. The van der Waals surface area contributed by atoms with Gasteiger partial charge in [0.15, 0.2) is 0 Å². The highest BCUT2D eigenvalue weighted by atomic mass is 16.3. The molecule has 0 aliphatic carbocycles. The van der Waals surface area contributed by atoms with Crippen molar-refractivity contribution >= 4 is 5.69 Å². The zero-order valence-corrected chi connectivity index (χ0v) is 14.9. The molecule has 5 heteroatoms. The van der Waals surface area contributed by atoms with Crippen molar-refractivity contribution in [3.8, 4) is 0 Å². The molecular weight excluding hydrogens is 300 g/mol. The van der Waals surface area contributed by atoms with E-state index in [1.807, 2.05) is 11.6 Å². The molecule has 1 unspecified atom stereocenters. The van der Waals surface area contributed by atoms with Gasteiger partial charge in [-0.3, -0.25) is 4.68 Å². The number of nitrogens with one attached hydrogen (secondary N) is 1. The lowest BCUT2D eigenvalue weighted by molar-refractivity contribution is 0.267. The van der Waals surface area contributed by atoms with E-state index in [0.29, 0.717) is 12.6 Å². The maximum absolute atomic E-state index is 9.11. The minimum absolute atomic E-state index is 0.125. The molecule has 1 atom stereocenters. The van der Waals surface area contributed by atoms with Crippen molar-refractivity contribution in [3.63, 3.8) is 0 Å².